The third kappa shape index (κ3) is 2.45. The van der Waals surface area contributed by atoms with Crippen LogP contribution in [0.15, 0.2) is 35.5 Å². The van der Waals surface area contributed by atoms with E-state index in [1.807, 2.05) is 6.07 Å². The van der Waals surface area contributed by atoms with Crippen molar-refractivity contribution in [2.45, 2.75) is 4.90 Å². The molecule has 2 aromatic rings. The van der Waals surface area contributed by atoms with Gasteiger partial charge in [0.05, 0.1) is 15.5 Å². The van der Waals surface area contributed by atoms with Gasteiger partial charge in [0.15, 0.2) is 0 Å². The molecule has 0 aliphatic rings. The largest absolute Gasteiger partial charge is 0.330 e. The van der Waals surface area contributed by atoms with Crippen molar-refractivity contribution >= 4 is 27.6 Å². The Bertz CT molecular complexity index is 704. The number of benzene rings is 1. The summed E-state index contributed by atoms with van der Waals surface area (Å²) < 4.78 is 26.1. The van der Waals surface area contributed by atoms with E-state index in [9.17, 15) is 8.42 Å². The van der Waals surface area contributed by atoms with E-state index in [4.69, 9.17) is 16.9 Å². The molecular weight excluding hydrogens is 276 g/mol. The van der Waals surface area contributed by atoms with E-state index in [0.29, 0.717) is 0 Å². The second-order valence-electron chi connectivity index (χ2n) is 3.30. The summed E-state index contributed by atoms with van der Waals surface area (Å²) >= 11 is 5.78. The van der Waals surface area contributed by atoms with E-state index in [1.165, 1.54) is 30.6 Å². The first kappa shape index (κ1) is 12.4. The number of sulfonamides is 1. The maximum absolute atomic E-state index is 11.9. The topological polar surface area (TPSA) is 98.6 Å². The summed E-state index contributed by atoms with van der Waals surface area (Å²) in [5.41, 5.74) is 0.216. The van der Waals surface area contributed by atoms with Crippen molar-refractivity contribution in [1.82, 2.24) is 9.97 Å². The van der Waals surface area contributed by atoms with Gasteiger partial charge in [-0.15, -0.1) is 0 Å². The van der Waals surface area contributed by atoms with Crippen LogP contribution >= 0.6 is 11.6 Å². The van der Waals surface area contributed by atoms with Crippen LogP contribution in [0, 0.1) is 11.3 Å². The number of aromatic amines is 1. The Morgan fingerprint density at radius 3 is 2.78 bits per heavy atom. The number of nitriles is 1. The molecule has 0 amide bonds. The molecule has 0 spiro atoms. The van der Waals surface area contributed by atoms with Crippen molar-refractivity contribution < 1.29 is 8.42 Å². The average Bonchev–Trinajstić information content (AvgIpc) is 2.81. The molecule has 8 heteroatoms. The minimum Gasteiger partial charge on any atom is -0.330 e. The zero-order chi connectivity index (χ0) is 13.2. The number of nitrogens with one attached hydrogen (secondary N) is 2. The minimum atomic E-state index is -3.77. The Morgan fingerprint density at radius 2 is 2.22 bits per heavy atom. The number of aromatic nitrogens is 2. The number of rotatable bonds is 3. The molecule has 0 saturated carbocycles. The lowest BCUT2D eigenvalue weighted by Gasteiger charge is -2.06. The number of H-pyrrole nitrogens is 1. The summed E-state index contributed by atoms with van der Waals surface area (Å²) in [4.78, 5) is 6.33. The fourth-order valence-corrected chi connectivity index (χ4v) is 2.55. The van der Waals surface area contributed by atoms with Gasteiger partial charge in [0.2, 0.25) is 5.95 Å². The molecule has 0 bridgehead atoms. The number of nitrogens with zero attached hydrogens (tertiary/aromatic N) is 2. The monoisotopic (exact) mass is 282 g/mol. The number of anilines is 1. The maximum Gasteiger partial charge on any atom is 0.264 e. The maximum atomic E-state index is 11.9. The molecular formula is C10H7ClN4O2S. The second-order valence-corrected chi connectivity index (χ2v) is 5.39. The Morgan fingerprint density at radius 1 is 1.44 bits per heavy atom. The molecule has 1 heterocycles. The molecule has 92 valence electrons. The Kier molecular flexibility index (Phi) is 3.23. The van der Waals surface area contributed by atoms with Gasteiger partial charge in [-0.05, 0) is 18.2 Å². The highest BCUT2D eigenvalue weighted by atomic mass is 35.5. The Balaban J connectivity index is 2.36. The Hall–Kier alpha value is -2.04. The summed E-state index contributed by atoms with van der Waals surface area (Å²) in [5.74, 6) is 0.107. The van der Waals surface area contributed by atoms with Gasteiger partial charge < -0.3 is 4.98 Å². The third-order valence-electron chi connectivity index (χ3n) is 2.10. The summed E-state index contributed by atoms with van der Waals surface area (Å²) in [6, 6.07) is 5.72. The van der Waals surface area contributed by atoms with E-state index >= 15 is 0 Å². The van der Waals surface area contributed by atoms with Gasteiger partial charge in [-0.1, -0.05) is 11.6 Å². The molecule has 0 unspecified atom stereocenters. The molecule has 6 nitrogen and oxygen atoms in total. The predicted octanol–water partition coefficient (Wildman–Crippen LogP) is 1.74. The SMILES string of the molecule is N#Cc1ccc(S(=O)(=O)Nc2ncc[nH]2)cc1Cl. The minimum absolute atomic E-state index is 0.0390. The van der Waals surface area contributed by atoms with E-state index in [1.54, 1.807) is 0 Å². The fourth-order valence-electron chi connectivity index (χ4n) is 1.26. The van der Waals surface area contributed by atoms with Crippen molar-refractivity contribution in [3.8, 4) is 6.07 Å². The smallest absolute Gasteiger partial charge is 0.264 e. The van der Waals surface area contributed by atoms with Crippen LogP contribution in [0.1, 0.15) is 5.56 Å². The number of hydrogen-bond donors (Lipinski definition) is 2. The summed E-state index contributed by atoms with van der Waals surface area (Å²) in [5, 5.41) is 8.79. The highest BCUT2D eigenvalue weighted by molar-refractivity contribution is 7.92. The lowest BCUT2D eigenvalue weighted by atomic mass is 10.2. The van der Waals surface area contributed by atoms with Crippen LogP contribution in [0.5, 0.6) is 0 Å². The normalized spacial score (nSPS) is 10.9. The van der Waals surface area contributed by atoms with Gasteiger partial charge in [0.1, 0.15) is 6.07 Å². The standard InChI is InChI=1S/C10H7ClN4O2S/c11-9-5-8(2-1-7(9)6-12)18(16,17)15-10-13-3-4-14-10/h1-5H,(H2,13,14,15). The van der Waals surface area contributed by atoms with Crippen LogP contribution in [0.3, 0.4) is 0 Å². The van der Waals surface area contributed by atoms with E-state index in [2.05, 4.69) is 14.7 Å². The molecule has 0 aliphatic carbocycles. The molecule has 0 fully saturated rings. The van der Waals surface area contributed by atoms with E-state index in [-0.39, 0.29) is 21.4 Å². The first-order valence-electron chi connectivity index (χ1n) is 4.75. The van der Waals surface area contributed by atoms with Crippen molar-refractivity contribution in [2.75, 3.05) is 4.72 Å². The van der Waals surface area contributed by atoms with Crippen LogP contribution < -0.4 is 4.72 Å². The predicted molar refractivity (Wildman–Crippen MR) is 65.6 cm³/mol. The van der Waals surface area contributed by atoms with Crippen molar-refractivity contribution in [1.29, 1.82) is 5.26 Å². The molecule has 0 radical (unpaired) electrons. The summed E-state index contributed by atoms with van der Waals surface area (Å²) in [6.45, 7) is 0. The third-order valence-corrected chi connectivity index (χ3v) is 3.75. The van der Waals surface area contributed by atoms with E-state index in [0.717, 1.165) is 0 Å². The highest BCUT2D eigenvalue weighted by Gasteiger charge is 2.16. The summed E-state index contributed by atoms with van der Waals surface area (Å²) in [6.07, 6.45) is 2.91. The number of halogens is 1. The van der Waals surface area contributed by atoms with Crippen LogP contribution in [0.25, 0.3) is 0 Å². The molecule has 0 saturated heterocycles. The average molecular weight is 283 g/mol. The van der Waals surface area contributed by atoms with Gasteiger partial charge in [0.25, 0.3) is 10.0 Å². The van der Waals surface area contributed by atoms with Crippen LogP contribution in [-0.2, 0) is 10.0 Å². The van der Waals surface area contributed by atoms with Crippen LogP contribution in [0.2, 0.25) is 5.02 Å². The fraction of sp³-hybridized carbons (Fsp3) is 0. The molecule has 2 rings (SSSR count). The van der Waals surface area contributed by atoms with Crippen molar-refractivity contribution in [3.05, 3.63) is 41.2 Å². The van der Waals surface area contributed by atoms with Crippen molar-refractivity contribution in [3.63, 3.8) is 0 Å². The zero-order valence-corrected chi connectivity index (χ0v) is 10.5. The van der Waals surface area contributed by atoms with Crippen LogP contribution in [-0.4, -0.2) is 18.4 Å². The molecule has 2 N–H and O–H groups in total. The molecule has 1 aromatic heterocycles. The first-order chi connectivity index (χ1) is 8.53. The quantitative estimate of drug-likeness (QED) is 0.895. The van der Waals surface area contributed by atoms with Gasteiger partial charge in [0, 0.05) is 12.4 Å². The first-order valence-corrected chi connectivity index (χ1v) is 6.61. The lowest BCUT2D eigenvalue weighted by Crippen LogP contribution is -2.14. The van der Waals surface area contributed by atoms with Crippen molar-refractivity contribution in [2.24, 2.45) is 0 Å². The molecule has 0 aliphatic heterocycles. The highest BCUT2D eigenvalue weighted by Crippen LogP contribution is 2.21. The number of hydrogen-bond acceptors (Lipinski definition) is 4. The molecule has 1 aromatic carbocycles. The Labute approximate surface area is 108 Å². The number of imidazole rings is 1. The van der Waals surface area contributed by atoms with E-state index < -0.39 is 10.0 Å². The molecule has 18 heavy (non-hydrogen) atoms. The molecule has 0 atom stereocenters. The lowest BCUT2D eigenvalue weighted by molar-refractivity contribution is 0.601. The summed E-state index contributed by atoms with van der Waals surface area (Å²) in [7, 11) is -3.77. The van der Waals surface area contributed by atoms with Crippen LogP contribution in [0.4, 0.5) is 5.95 Å². The van der Waals surface area contributed by atoms with Gasteiger partial charge in [-0.2, -0.15) is 5.26 Å². The van der Waals surface area contributed by atoms with Gasteiger partial charge in [-0.25, -0.2) is 18.1 Å². The second kappa shape index (κ2) is 4.68. The zero-order valence-electron chi connectivity index (χ0n) is 8.88. The van der Waals surface area contributed by atoms with Gasteiger partial charge in [-0.3, -0.25) is 0 Å². The van der Waals surface area contributed by atoms with Gasteiger partial charge >= 0.3 is 0 Å².